The van der Waals surface area contributed by atoms with Crippen LogP contribution >= 0.6 is 11.3 Å². The molecule has 0 aliphatic carbocycles. The molecule has 80 valence electrons. The summed E-state index contributed by atoms with van der Waals surface area (Å²) in [4.78, 5) is 3.87. The van der Waals surface area contributed by atoms with Crippen LogP contribution in [0.5, 0.6) is 0 Å². The fourth-order valence-corrected chi connectivity index (χ4v) is 2.19. The Balaban J connectivity index is 2.41. The van der Waals surface area contributed by atoms with E-state index in [-0.39, 0.29) is 5.69 Å². The molecule has 3 nitrogen and oxygen atoms in total. The Morgan fingerprint density at radius 2 is 2.20 bits per heavy atom. The SMILES string of the molecule is Cc1nn(C)cc1-c1nc(C(F)F)cs1. The van der Waals surface area contributed by atoms with E-state index in [0.717, 1.165) is 11.3 Å². The van der Waals surface area contributed by atoms with Crippen LogP contribution in [-0.4, -0.2) is 14.8 Å². The molecular weight excluding hydrogens is 220 g/mol. The molecule has 0 aliphatic heterocycles. The minimum Gasteiger partial charge on any atom is -0.275 e. The number of thiazole rings is 1. The van der Waals surface area contributed by atoms with Crippen molar-refractivity contribution in [3.63, 3.8) is 0 Å². The molecule has 0 saturated heterocycles. The highest BCUT2D eigenvalue weighted by Gasteiger charge is 2.15. The molecule has 0 radical (unpaired) electrons. The van der Waals surface area contributed by atoms with Gasteiger partial charge in [0.05, 0.1) is 11.3 Å². The summed E-state index contributed by atoms with van der Waals surface area (Å²) in [7, 11) is 1.79. The molecule has 0 aliphatic rings. The number of nitrogens with zero attached hydrogens (tertiary/aromatic N) is 3. The van der Waals surface area contributed by atoms with Gasteiger partial charge in [0.1, 0.15) is 10.7 Å². The molecule has 0 fully saturated rings. The standard InChI is InChI=1S/C9H9F2N3S/c1-5-6(3-14(2)13-5)9-12-7(4-15-9)8(10)11/h3-4,8H,1-2H3. The fourth-order valence-electron chi connectivity index (χ4n) is 1.32. The third-order valence-electron chi connectivity index (χ3n) is 1.99. The first-order valence-electron chi connectivity index (χ1n) is 4.32. The Bertz CT molecular complexity index is 475. The molecular formula is C9H9F2N3S. The summed E-state index contributed by atoms with van der Waals surface area (Å²) in [5.74, 6) is 0. The molecule has 2 rings (SSSR count). The van der Waals surface area contributed by atoms with Crippen molar-refractivity contribution in [2.24, 2.45) is 7.05 Å². The van der Waals surface area contributed by atoms with Crippen LogP contribution in [0.1, 0.15) is 17.8 Å². The van der Waals surface area contributed by atoms with Crippen LogP contribution in [0.25, 0.3) is 10.6 Å². The van der Waals surface area contributed by atoms with Crippen molar-refractivity contribution in [1.29, 1.82) is 0 Å². The first kappa shape index (κ1) is 10.2. The van der Waals surface area contributed by atoms with Crippen molar-refractivity contribution in [3.05, 3.63) is 23.0 Å². The maximum Gasteiger partial charge on any atom is 0.281 e. The second kappa shape index (κ2) is 3.69. The normalized spacial score (nSPS) is 11.3. The number of alkyl halides is 2. The molecule has 0 bridgehead atoms. The van der Waals surface area contributed by atoms with Crippen molar-refractivity contribution in [3.8, 4) is 10.6 Å². The fraction of sp³-hybridized carbons (Fsp3) is 0.333. The highest BCUT2D eigenvalue weighted by atomic mass is 32.1. The van der Waals surface area contributed by atoms with Crippen LogP contribution in [0.3, 0.4) is 0 Å². The van der Waals surface area contributed by atoms with E-state index >= 15 is 0 Å². The minimum atomic E-state index is -2.51. The summed E-state index contributed by atoms with van der Waals surface area (Å²) in [6.07, 6.45) is -0.726. The van der Waals surface area contributed by atoms with Gasteiger partial charge in [-0.05, 0) is 6.92 Å². The van der Waals surface area contributed by atoms with Gasteiger partial charge in [-0.1, -0.05) is 0 Å². The van der Waals surface area contributed by atoms with E-state index in [9.17, 15) is 8.78 Å². The van der Waals surface area contributed by atoms with Crippen LogP contribution in [0.4, 0.5) is 8.78 Å². The Kier molecular flexibility index (Phi) is 2.52. The Hall–Kier alpha value is -1.30. The molecule has 15 heavy (non-hydrogen) atoms. The lowest BCUT2D eigenvalue weighted by molar-refractivity contribution is 0.147. The van der Waals surface area contributed by atoms with E-state index in [1.54, 1.807) is 17.9 Å². The number of halogens is 2. The maximum absolute atomic E-state index is 12.3. The van der Waals surface area contributed by atoms with E-state index in [1.165, 1.54) is 16.7 Å². The highest BCUT2D eigenvalue weighted by Crippen LogP contribution is 2.29. The zero-order valence-electron chi connectivity index (χ0n) is 8.24. The van der Waals surface area contributed by atoms with Gasteiger partial charge >= 0.3 is 0 Å². The predicted molar refractivity (Wildman–Crippen MR) is 54.0 cm³/mol. The van der Waals surface area contributed by atoms with Gasteiger partial charge in [-0.3, -0.25) is 4.68 Å². The monoisotopic (exact) mass is 229 g/mol. The molecule has 0 N–H and O–H groups in total. The van der Waals surface area contributed by atoms with Gasteiger partial charge in [0, 0.05) is 18.6 Å². The van der Waals surface area contributed by atoms with Crippen LogP contribution in [0.15, 0.2) is 11.6 Å². The summed E-state index contributed by atoms with van der Waals surface area (Å²) in [6, 6.07) is 0. The number of aromatic nitrogens is 3. The largest absolute Gasteiger partial charge is 0.281 e. The molecule has 2 heterocycles. The lowest BCUT2D eigenvalue weighted by Gasteiger charge is -1.91. The van der Waals surface area contributed by atoms with E-state index in [1.807, 2.05) is 6.92 Å². The van der Waals surface area contributed by atoms with Crippen molar-refractivity contribution in [2.45, 2.75) is 13.3 Å². The molecule has 0 unspecified atom stereocenters. The predicted octanol–water partition coefficient (Wildman–Crippen LogP) is 2.79. The van der Waals surface area contributed by atoms with Gasteiger partial charge < -0.3 is 0 Å². The summed E-state index contributed by atoms with van der Waals surface area (Å²) >= 11 is 1.21. The molecule has 0 atom stereocenters. The van der Waals surface area contributed by atoms with E-state index in [2.05, 4.69) is 10.1 Å². The van der Waals surface area contributed by atoms with Gasteiger partial charge in [0.2, 0.25) is 0 Å². The smallest absolute Gasteiger partial charge is 0.275 e. The van der Waals surface area contributed by atoms with E-state index in [0.29, 0.717) is 5.01 Å². The van der Waals surface area contributed by atoms with Crippen LogP contribution in [0, 0.1) is 6.92 Å². The van der Waals surface area contributed by atoms with Crippen molar-refractivity contribution in [1.82, 2.24) is 14.8 Å². The second-order valence-electron chi connectivity index (χ2n) is 3.18. The Labute approximate surface area is 89.4 Å². The summed E-state index contributed by atoms with van der Waals surface area (Å²) in [5.41, 5.74) is 1.44. The number of hydrogen-bond donors (Lipinski definition) is 0. The summed E-state index contributed by atoms with van der Waals surface area (Å²) < 4.78 is 26.3. The maximum atomic E-state index is 12.3. The molecule has 6 heteroatoms. The van der Waals surface area contributed by atoms with Gasteiger partial charge in [-0.2, -0.15) is 5.10 Å². The molecule has 0 amide bonds. The van der Waals surface area contributed by atoms with E-state index < -0.39 is 6.43 Å². The molecule has 2 aromatic heterocycles. The lowest BCUT2D eigenvalue weighted by atomic mass is 10.3. The Morgan fingerprint density at radius 3 is 2.67 bits per heavy atom. The van der Waals surface area contributed by atoms with Crippen LogP contribution < -0.4 is 0 Å². The summed E-state index contributed by atoms with van der Waals surface area (Å²) in [6.45, 7) is 1.83. The van der Waals surface area contributed by atoms with Crippen molar-refractivity contribution in [2.75, 3.05) is 0 Å². The molecule has 0 saturated carbocycles. The first-order valence-corrected chi connectivity index (χ1v) is 5.20. The molecule has 0 aromatic carbocycles. The average Bonchev–Trinajstić information content (AvgIpc) is 2.71. The van der Waals surface area contributed by atoms with Gasteiger partial charge in [-0.15, -0.1) is 11.3 Å². The zero-order valence-corrected chi connectivity index (χ0v) is 9.05. The van der Waals surface area contributed by atoms with Gasteiger partial charge in [-0.25, -0.2) is 13.8 Å². The Morgan fingerprint density at radius 1 is 1.47 bits per heavy atom. The van der Waals surface area contributed by atoms with Crippen molar-refractivity contribution < 1.29 is 8.78 Å². The summed E-state index contributed by atoms with van der Waals surface area (Å²) in [5, 5.41) is 6.11. The first-order chi connectivity index (χ1) is 7.08. The average molecular weight is 229 g/mol. The van der Waals surface area contributed by atoms with E-state index in [4.69, 9.17) is 0 Å². The van der Waals surface area contributed by atoms with Crippen LogP contribution in [-0.2, 0) is 7.05 Å². The van der Waals surface area contributed by atoms with Gasteiger partial charge in [0.25, 0.3) is 6.43 Å². The third-order valence-corrected chi connectivity index (χ3v) is 2.88. The topological polar surface area (TPSA) is 30.7 Å². The lowest BCUT2D eigenvalue weighted by Crippen LogP contribution is -1.86. The molecule has 0 spiro atoms. The molecule has 2 aromatic rings. The van der Waals surface area contributed by atoms with Crippen molar-refractivity contribution >= 4 is 11.3 Å². The van der Waals surface area contributed by atoms with Gasteiger partial charge in [0.15, 0.2) is 0 Å². The number of hydrogen-bond acceptors (Lipinski definition) is 3. The quantitative estimate of drug-likeness (QED) is 0.792. The number of aryl methyl sites for hydroxylation is 2. The highest BCUT2D eigenvalue weighted by molar-refractivity contribution is 7.13. The second-order valence-corrected chi connectivity index (χ2v) is 4.04. The third kappa shape index (κ3) is 1.90. The minimum absolute atomic E-state index is 0.168. The number of rotatable bonds is 2. The zero-order chi connectivity index (χ0) is 11.0. The van der Waals surface area contributed by atoms with Crippen LogP contribution in [0.2, 0.25) is 0 Å².